The number of carbonyl (C=O) groups excluding carboxylic acids is 4. The number of hydrogen-bond donors (Lipinski definition) is 2. The van der Waals surface area contributed by atoms with Crippen LogP contribution in [0.3, 0.4) is 0 Å². The third-order valence-electron chi connectivity index (χ3n) is 9.89. The molecular formula is C45H75N3O15. The van der Waals surface area contributed by atoms with Crippen LogP contribution in [0, 0.1) is 0 Å². The fourth-order valence-electron chi connectivity index (χ4n) is 6.56. The highest BCUT2D eigenvalue weighted by atomic mass is 16.6. The van der Waals surface area contributed by atoms with Crippen molar-refractivity contribution in [3.8, 4) is 0 Å². The van der Waals surface area contributed by atoms with E-state index < -0.39 is 29.7 Å². The Bertz CT molecular complexity index is 1370. The van der Waals surface area contributed by atoms with E-state index >= 15 is 0 Å². The minimum atomic E-state index is -1.01. The van der Waals surface area contributed by atoms with Crippen molar-refractivity contribution in [1.82, 2.24) is 10.2 Å². The molecule has 1 aromatic carbocycles. The summed E-state index contributed by atoms with van der Waals surface area (Å²) in [5.74, 6) is -2.16. The van der Waals surface area contributed by atoms with Gasteiger partial charge in [0.15, 0.2) is 0 Å². The number of rotatable bonds is 44. The molecule has 1 saturated heterocycles. The van der Waals surface area contributed by atoms with Crippen molar-refractivity contribution in [3.63, 3.8) is 0 Å². The molecule has 1 atom stereocenters. The fourth-order valence-corrected chi connectivity index (χ4v) is 6.56. The lowest BCUT2D eigenvalue weighted by Crippen LogP contribution is -2.54. The van der Waals surface area contributed by atoms with E-state index in [0.29, 0.717) is 151 Å². The third-order valence-corrected chi connectivity index (χ3v) is 9.89. The zero-order valence-electron chi connectivity index (χ0n) is 37.7. The SMILES string of the molecule is CCCCCCCCCCOCCOCCOCCOCCOCCOCCOCCOCCOCCOCCOCCNc1cccc2c1C(=O)N(C1CCC(=O)NC1=O)C2=O. The zero-order chi connectivity index (χ0) is 44.8. The van der Waals surface area contributed by atoms with Crippen LogP contribution in [0.25, 0.3) is 0 Å². The van der Waals surface area contributed by atoms with Crippen LogP contribution in [-0.4, -0.2) is 186 Å². The first-order valence-electron chi connectivity index (χ1n) is 23.0. The highest BCUT2D eigenvalue weighted by Crippen LogP contribution is 2.32. The summed E-state index contributed by atoms with van der Waals surface area (Å²) in [7, 11) is 0. The molecule has 1 unspecified atom stereocenters. The van der Waals surface area contributed by atoms with Crippen LogP contribution in [0.4, 0.5) is 5.69 Å². The van der Waals surface area contributed by atoms with Gasteiger partial charge in [-0.1, -0.05) is 57.9 Å². The summed E-state index contributed by atoms with van der Waals surface area (Å²) < 4.78 is 60.9. The number of ether oxygens (including phenoxy) is 11. The van der Waals surface area contributed by atoms with E-state index in [2.05, 4.69) is 17.6 Å². The van der Waals surface area contributed by atoms with Crippen molar-refractivity contribution >= 4 is 29.3 Å². The first-order chi connectivity index (χ1) is 31.0. The van der Waals surface area contributed by atoms with E-state index in [1.54, 1.807) is 18.2 Å². The molecule has 18 heteroatoms. The minimum Gasteiger partial charge on any atom is -0.382 e. The first-order valence-corrected chi connectivity index (χ1v) is 23.0. The Morgan fingerprint density at radius 1 is 0.508 bits per heavy atom. The maximum Gasteiger partial charge on any atom is 0.264 e. The van der Waals surface area contributed by atoms with Crippen molar-refractivity contribution < 1.29 is 71.3 Å². The molecule has 63 heavy (non-hydrogen) atoms. The molecule has 1 aromatic rings. The van der Waals surface area contributed by atoms with Crippen LogP contribution in [-0.2, 0) is 61.7 Å². The van der Waals surface area contributed by atoms with E-state index in [4.69, 9.17) is 52.1 Å². The number of benzene rings is 1. The van der Waals surface area contributed by atoms with Crippen molar-refractivity contribution in [2.24, 2.45) is 0 Å². The largest absolute Gasteiger partial charge is 0.382 e. The molecule has 360 valence electrons. The average molecular weight is 898 g/mol. The second-order valence-electron chi connectivity index (χ2n) is 14.8. The van der Waals surface area contributed by atoms with Crippen molar-refractivity contribution in [2.75, 3.05) is 157 Å². The summed E-state index contributed by atoms with van der Waals surface area (Å²) in [6.07, 6.45) is 10.6. The molecule has 0 saturated carbocycles. The molecule has 18 nitrogen and oxygen atoms in total. The van der Waals surface area contributed by atoms with Gasteiger partial charge in [-0.05, 0) is 25.0 Å². The van der Waals surface area contributed by atoms with Gasteiger partial charge in [-0.25, -0.2) is 0 Å². The Labute approximate surface area is 373 Å². The summed E-state index contributed by atoms with van der Waals surface area (Å²) in [5, 5.41) is 5.34. The van der Waals surface area contributed by atoms with Gasteiger partial charge < -0.3 is 57.4 Å². The number of imide groups is 2. The highest BCUT2D eigenvalue weighted by Gasteiger charge is 2.45. The third kappa shape index (κ3) is 24.7. The second-order valence-corrected chi connectivity index (χ2v) is 14.8. The van der Waals surface area contributed by atoms with Gasteiger partial charge >= 0.3 is 0 Å². The van der Waals surface area contributed by atoms with Gasteiger partial charge in [0.1, 0.15) is 6.04 Å². The van der Waals surface area contributed by atoms with Crippen LogP contribution in [0.5, 0.6) is 0 Å². The smallest absolute Gasteiger partial charge is 0.264 e. The number of anilines is 1. The Hall–Kier alpha value is -3.14. The lowest BCUT2D eigenvalue weighted by atomic mass is 10.0. The molecular weight excluding hydrogens is 823 g/mol. The van der Waals surface area contributed by atoms with Gasteiger partial charge in [0.2, 0.25) is 11.8 Å². The number of nitrogens with one attached hydrogen (secondary N) is 2. The number of fused-ring (bicyclic) bond motifs is 1. The topological polar surface area (TPSA) is 197 Å². The molecule has 0 radical (unpaired) electrons. The Kier molecular flexibility index (Phi) is 31.9. The van der Waals surface area contributed by atoms with E-state index in [1.807, 2.05) is 0 Å². The lowest BCUT2D eigenvalue weighted by Gasteiger charge is -2.27. The average Bonchev–Trinajstić information content (AvgIpc) is 3.54. The molecule has 2 aliphatic heterocycles. The van der Waals surface area contributed by atoms with Gasteiger partial charge in [-0.15, -0.1) is 0 Å². The van der Waals surface area contributed by atoms with E-state index in [0.717, 1.165) is 17.9 Å². The van der Waals surface area contributed by atoms with Crippen molar-refractivity contribution in [1.29, 1.82) is 0 Å². The van der Waals surface area contributed by atoms with E-state index in [1.165, 1.54) is 44.9 Å². The molecule has 0 aromatic heterocycles. The Morgan fingerprint density at radius 2 is 0.905 bits per heavy atom. The van der Waals surface area contributed by atoms with Gasteiger partial charge in [0.25, 0.3) is 11.8 Å². The number of nitrogens with zero attached hydrogens (tertiary/aromatic N) is 1. The number of carbonyl (C=O) groups is 4. The molecule has 1 fully saturated rings. The van der Waals surface area contributed by atoms with Crippen LogP contribution in [0.1, 0.15) is 91.8 Å². The number of unbranched alkanes of at least 4 members (excludes halogenated alkanes) is 7. The monoisotopic (exact) mass is 898 g/mol. The molecule has 0 spiro atoms. The highest BCUT2D eigenvalue weighted by molar-refractivity contribution is 6.25. The summed E-state index contributed by atoms with van der Waals surface area (Å²) in [4.78, 5) is 50.9. The Morgan fingerprint density at radius 3 is 1.33 bits per heavy atom. The standard InChI is InChI=1S/C45H75N3O15/c1-2-3-4-5-6-7-8-9-16-53-18-20-55-22-24-57-26-28-59-30-32-61-34-36-63-37-35-62-33-31-60-29-27-58-25-23-56-21-19-54-17-15-46-39-12-10-11-38-42(39)45(52)48(44(38)51)40-13-14-41(49)47-43(40)50/h10-12,40,46H,2-9,13-37H2,1H3,(H,47,49,50). The van der Waals surface area contributed by atoms with Crippen LogP contribution in [0.2, 0.25) is 0 Å². The van der Waals surface area contributed by atoms with Crippen molar-refractivity contribution in [3.05, 3.63) is 29.3 Å². The molecule has 2 heterocycles. The van der Waals surface area contributed by atoms with Crippen LogP contribution < -0.4 is 10.6 Å². The molecule has 0 bridgehead atoms. The van der Waals surface area contributed by atoms with Gasteiger partial charge in [-0.2, -0.15) is 0 Å². The number of amides is 4. The summed E-state index contributed by atoms with van der Waals surface area (Å²) in [5.41, 5.74) is 0.910. The zero-order valence-corrected chi connectivity index (χ0v) is 37.7. The predicted molar refractivity (Wildman–Crippen MR) is 233 cm³/mol. The maximum atomic E-state index is 13.2. The lowest BCUT2D eigenvalue weighted by molar-refractivity contribution is -0.136. The van der Waals surface area contributed by atoms with Crippen molar-refractivity contribution in [2.45, 2.75) is 77.2 Å². The number of hydrogen-bond acceptors (Lipinski definition) is 16. The first kappa shape index (κ1) is 54.2. The van der Waals surface area contributed by atoms with Gasteiger partial charge in [0, 0.05) is 25.3 Å². The van der Waals surface area contributed by atoms with Crippen LogP contribution >= 0.6 is 0 Å². The predicted octanol–water partition coefficient (Wildman–Crippen LogP) is 3.82. The maximum absolute atomic E-state index is 13.2. The molecule has 2 aliphatic rings. The summed E-state index contributed by atoms with van der Waals surface area (Å²) in [6, 6.07) is 3.91. The summed E-state index contributed by atoms with van der Waals surface area (Å²) in [6.45, 7) is 13.5. The van der Waals surface area contributed by atoms with E-state index in [-0.39, 0.29) is 24.0 Å². The van der Waals surface area contributed by atoms with Gasteiger partial charge in [-0.3, -0.25) is 29.4 Å². The molecule has 0 aliphatic carbocycles. The fraction of sp³-hybridized carbons (Fsp3) is 0.778. The molecule has 3 rings (SSSR count). The van der Waals surface area contributed by atoms with Gasteiger partial charge in [0.05, 0.1) is 150 Å². The molecule has 2 N–H and O–H groups in total. The minimum absolute atomic E-state index is 0.0658. The quantitative estimate of drug-likeness (QED) is 0.0708. The van der Waals surface area contributed by atoms with E-state index in [9.17, 15) is 19.2 Å². The Balaban J connectivity index is 0.958. The van der Waals surface area contributed by atoms with Crippen LogP contribution in [0.15, 0.2) is 18.2 Å². The summed E-state index contributed by atoms with van der Waals surface area (Å²) >= 11 is 0. The molecule has 4 amide bonds. The normalized spacial score (nSPS) is 15.1. The number of piperidine rings is 1. The second kappa shape index (κ2) is 37.1.